The first kappa shape index (κ1) is 19.7. The Bertz CT molecular complexity index is 1210. The molecule has 0 unspecified atom stereocenters. The second-order valence-corrected chi connectivity index (χ2v) is 7.34. The molecule has 1 heterocycles. The van der Waals surface area contributed by atoms with Crippen LogP contribution in [0.15, 0.2) is 66.7 Å². The number of nitrogens with one attached hydrogen (secondary N) is 2. The Morgan fingerprint density at radius 2 is 1.60 bits per heavy atom. The number of imidazole rings is 1. The molecule has 6 nitrogen and oxygen atoms in total. The third-order valence-corrected chi connectivity index (χ3v) is 4.98. The average molecular weight is 420 g/mol. The fourth-order valence-electron chi connectivity index (χ4n) is 3.13. The first-order valence-corrected chi connectivity index (χ1v) is 9.69. The van der Waals surface area contributed by atoms with Crippen LogP contribution in [0.1, 0.15) is 37.7 Å². The maximum absolute atomic E-state index is 12.5. The summed E-state index contributed by atoms with van der Waals surface area (Å²) < 4.78 is 0. The van der Waals surface area contributed by atoms with Crippen LogP contribution in [0.5, 0.6) is 0 Å². The number of rotatable bonds is 6. The molecule has 0 saturated carbocycles. The molecule has 0 fully saturated rings. The van der Waals surface area contributed by atoms with Gasteiger partial charge in [0.2, 0.25) is 0 Å². The summed E-state index contributed by atoms with van der Waals surface area (Å²) in [6.07, 6.45) is 0.639. The van der Waals surface area contributed by atoms with Gasteiger partial charge in [-0.3, -0.25) is 4.79 Å². The van der Waals surface area contributed by atoms with E-state index >= 15 is 0 Å². The number of benzene rings is 3. The summed E-state index contributed by atoms with van der Waals surface area (Å²) in [4.78, 5) is 31.3. The lowest BCUT2D eigenvalue weighted by molar-refractivity contribution is 0.0696. The number of carboxylic acid groups (broad SMARTS) is 1. The van der Waals surface area contributed by atoms with Crippen LogP contribution in [0, 0.1) is 0 Å². The van der Waals surface area contributed by atoms with Gasteiger partial charge in [0.15, 0.2) is 0 Å². The van der Waals surface area contributed by atoms with E-state index in [0.717, 1.165) is 28.0 Å². The number of aromatic carboxylic acids is 1. The van der Waals surface area contributed by atoms with Crippen molar-refractivity contribution in [1.82, 2.24) is 15.3 Å². The number of aromatic nitrogens is 2. The van der Waals surface area contributed by atoms with Crippen LogP contribution < -0.4 is 5.32 Å². The SMILES string of the molecule is O=C(O)c1ccc(CNC(=O)c2ccc3nc(Cc4ccc(Cl)cc4)[nH]c3c2)cc1. The number of halogens is 1. The minimum Gasteiger partial charge on any atom is -0.478 e. The van der Waals surface area contributed by atoms with Gasteiger partial charge in [-0.25, -0.2) is 9.78 Å². The molecule has 4 aromatic rings. The number of hydrogen-bond donors (Lipinski definition) is 3. The number of carbonyl (C=O) groups is 2. The Morgan fingerprint density at radius 1 is 0.933 bits per heavy atom. The summed E-state index contributed by atoms with van der Waals surface area (Å²) in [6.45, 7) is 0.307. The molecule has 0 bridgehead atoms. The van der Waals surface area contributed by atoms with Crippen LogP contribution in [-0.2, 0) is 13.0 Å². The van der Waals surface area contributed by atoms with Crippen LogP contribution in [0.2, 0.25) is 5.02 Å². The number of carboxylic acids is 1. The zero-order valence-corrected chi connectivity index (χ0v) is 16.6. The van der Waals surface area contributed by atoms with Crippen molar-refractivity contribution in [3.63, 3.8) is 0 Å². The molecule has 1 amide bonds. The molecular formula is C23H18ClN3O3. The van der Waals surface area contributed by atoms with Gasteiger partial charge >= 0.3 is 5.97 Å². The van der Waals surface area contributed by atoms with Gasteiger partial charge in [-0.1, -0.05) is 35.9 Å². The molecule has 0 saturated heterocycles. The summed E-state index contributed by atoms with van der Waals surface area (Å²) in [5, 5.41) is 12.5. The lowest BCUT2D eigenvalue weighted by Crippen LogP contribution is -2.22. The van der Waals surface area contributed by atoms with Crippen LogP contribution in [0.25, 0.3) is 11.0 Å². The summed E-state index contributed by atoms with van der Waals surface area (Å²) in [5.74, 6) is -0.384. The lowest BCUT2D eigenvalue weighted by Gasteiger charge is -2.06. The Morgan fingerprint density at radius 3 is 2.30 bits per heavy atom. The van der Waals surface area contributed by atoms with Crippen molar-refractivity contribution in [2.24, 2.45) is 0 Å². The molecule has 150 valence electrons. The van der Waals surface area contributed by atoms with Crippen LogP contribution in [0.4, 0.5) is 0 Å². The monoisotopic (exact) mass is 419 g/mol. The van der Waals surface area contributed by atoms with E-state index in [2.05, 4.69) is 15.3 Å². The highest BCUT2D eigenvalue weighted by molar-refractivity contribution is 6.30. The minimum absolute atomic E-state index is 0.212. The van der Waals surface area contributed by atoms with Crippen molar-refractivity contribution < 1.29 is 14.7 Å². The summed E-state index contributed by atoms with van der Waals surface area (Å²) in [5.41, 5.74) is 4.22. The highest BCUT2D eigenvalue weighted by Crippen LogP contribution is 2.17. The van der Waals surface area contributed by atoms with Gasteiger partial charge in [-0.2, -0.15) is 0 Å². The minimum atomic E-state index is -0.978. The van der Waals surface area contributed by atoms with Crippen LogP contribution in [-0.4, -0.2) is 27.0 Å². The molecule has 3 aromatic carbocycles. The third-order valence-electron chi connectivity index (χ3n) is 4.73. The first-order valence-electron chi connectivity index (χ1n) is 9.31. The van der Waals surface area contributed by atoms with Crippen LogP contribution in [0.3, 0.4) is 0 Å². The smallest absolute Gasteiger partial charge is 0.335 e. The maximum atomic E-state index is 12.5. The largest absolute Gasteiger partial charge is 0.478 e. The Balaban J connectivity index is 1.44. The topological polar surface area (TPSA) is 95.1 Å². The van der Waals surface area contributed by atoms with Gasteiger partial charge in [-0.05, 0) is 53.6 Å². The molecule has 0 atom stereocenters. The zero-order chi connectivity index (χ0) is 21.1. The van der Waals surface area contributed by atoms with Crippen molar-refractivity contribution in [3.8, 4) is 0 Å². The van der Waals surface area contributed by atoms with E-state index in [1.807, 2.05) is 30.3 Å². The van der Waals surface area contributed by atoms with Gasteiger partial charge in [-0.15, -0.1) is 0 Å². The summed E-state index contributed by atoms with van der Waals surface area (Å²) in [6, 6.07) is 19.3. The van der Waals surface area contributed by atoms with Crippen molar-refractivity contribution in [2.45, 2.75) is 13.0 Å². The molecule has 1 aromatic heterocycles. The molecule has 0 spiro atoms. The normalized spacial score (nSPS) is 10.8. The van der Waals surface area contributed by atoms with Gasteiger partial charge in [0, 0.05) is 23.6 Å². The number of fused-ring (bicyclic) bond motifs is 1. The van der Waals surface area contributed by atoms with Gasteiger partial charge in [0.05, 0.1) is 16.6 Å². The molecule has 0 aliphatic heterocycles. The van der Waals surface area contributed by atoms with E-state index < -0.39 is 5.97 Å². The fourth-order valence-corrected chi connectivity index (χ4v) is 3.26. The second kappa shape index (κ2) is 8.39. The second-order valence-electron chi connectivity index (χ2n) is 6.90. The van der Waals surface area contributed by atoms with E-state index in [-0.39, 0.29) is 11.5 Å². The molecule has 0 aliphatic rings. The van der Waals surface area contributed by atoms with E-state index in [1.165, 1.54) is 12.1 Å². The molecule has 30 heavy (non-hydrogen) atoms. The van der Waals surface area contributed by atoms with E-state index in [1.54, 1.807) is 24.3 Å². The first-order chi connectivity index (χ1) is 14.5. The van der Waals surface area contributed by atoms with Crippen molar-refractivity contribution in [2.75, 3.05) is 0 Å². The van der Waals surface area contributed by atoms with Crippen molar-refractivity contribution in [1.29, 1.82) is 0 Å². The fraction of sp³-hybridized carbons (Fsp3) is 0.0870. The summed E-state index contributed by atoms with van der Waals surface area (Å²) in [7, 11) is 0. The predicted molar refractivity (Wildman–Crippen MR) is 115 cm³/mol. The number of nitrogens with zero attached hydrogens (tertiary/aromatic N) is 1. The highest BCUT2D eigenvalue weighted by Gasteiger charge is 2.10. The molecule has 7 heteroatoms. The van der Waals surface area contributed by atoms with E-state index in [4.69, 9.17) is 16.7 Å². The number of H-pyrrole nitrogens is 1. The molecule has 4 rings (SSSR count). The quantitative estimate of drug-likeness (QED) is 0.430. The molecule has 3 N–H and O–H groups in total. The Hall–Kier alpha value is -3.64. The number of amides is 1. The Kier molecular flexibility index (Phi) is 5.50. The van der Waals surface area contributed by atoms with Gasteiger partial charge < -0.3 is 15.4 Å². The van der Waals surface area contributed by atoms with Gasteiger partial charge in [0.1, 0.15) is 5.82 Å². The van der Waals surface area contributed by atoms with E-state index in [0.29, 0.717) is 23.6 Å². The number of aromatic amines is 1. The Labute approximate surface area is 177 Å². The summed E-state index contributed by atoms with van der Waals surface area (Å²) >= 11 is 5.93. The standard InChI is InChI=1S/C23H18ClN3O3/c24-18-8-3-14(4-9-18)11-21-26-19-10-7-17(12-20(19)27-21)22(28)25-13-15-1-5-16(6-2-15)23(29)30/h1-10,12H,11,13H2,(H,25,28)(H,26,27)(H,29,30). The maximum Gasteiger partial charge on any atom is 0.335 e. The molecule has 0 radical (unpaired) electrons. The van der Waals surface area contributed by atoms with Crippen LogP contribution >= 0.6 is 11.6 Å². The number of hydrogen-bond acceptors (Lipinski definition) is 3. The average Bonchev–Trinajstić information content (AvgIpc) is 3.15. The molecule has 0 aliphatic carbocycles. The third kappa shape index (κ3) is 4.50. The molecular weight excluding hydrogens is 402 g/mol. The zero-order valence-electron chi connectivity index (χ0n) is 15.9. The highest BCUT2D eigenvalue weighted by atomic mass is 35.5. The predicted octanol–water partition coefficient (Wildman–Crippen LogP) is 4.44. The number of carbonyl (C=O) groups excluding carboxylic acids is 1. The van der Waals surface area contributed by atoms with E-state index in [9.17, 15) is 9.59 Å². The van der Waals surface area contributed by atoms with Crippen molar-refractivity contribution >= 4 is 34.5 Å². The lowest BCUT2D eigenvalue weighted by atomic mass is 10.1. The van der Waals surface area contributed by atoms with Gasteiger partial charge in [0.25, 0.3) is 5.91 Å². The van der Waals surface area contributed by atoms with Crippen molar-refractivity contribution in [3.05, 3.63) is 99.8 Å².